The summed E-state index contributed by atoms with van der Waals surface area (Å²) in [5.74, 6) is 2.82. The highest BCUT2D eigenvalue weighted by molar-refractivity contribution is 5.70. The smallest absolute Gasteiger partial charge is 0.306 e. The molecule has 4 rings (SSSR count). The minimum atomic E-state index is -0.487. The fourth-order valence-corrected chi connectivity index (χ4v) is 10.4. The zero-order valence-electron chi connectivity index (χ0n) is 26.6. The molecule has 5 nitrogen and oxygen atoms in total. The molecule has 0 aromatic rings. The molecule has 228 valence electrons. The maximum Gasteiger partial charge on any atom is 0.306 e. The highest BCUT2D eigenvalue weighted by Gasteiger charge is 2.66. The first-order valence-electron chi connectivity index (χ1n) is 16.8. The van der Waals surface area contributed by atoms with Gasteiger partial charge in [0.1, 0.15) is 18.5 Å². The van der Waals surface area contributed by atoms with Crippen molar-refractivity contribution in [3.05, 3.63) is 0 Å². The third-order valence-electron chi connectivity index (χ3n) is 12.4. The Hall–Kier alpha value is -1.39. The van der Waals surface area contributed by atoms with Gasteiger partial charge in [0.2, 0.25) is 0 Å². The van der Waals surface area contributed by atoms with Gasteiger partial charge in [-0.2, -0.15) is 0 Å². The van der Waals surface area contributed by atoms with E-state index in [0.717, 1.165) is 57.8 Å². The van der Waals surface area contributed by atoms with Gasteiger partial charge in [0, 0.05) is 24.2 Å². The van der Waals surface area contributed by atoms with Gasteiger partial charge in [-0.25, -0.2) is 0 Å². The van der Waals surface area contributed by atoms with Crippen LogP contribution in [0.1, 0.15) is 138 Å². The first-order valence-corrected chi connectivity index (χ1v) is 16.8. The monoisotopic (exact) mass is 558 g/mol. The van der Waals surface area contributed by atoms with Gasteiger partial charge in [0.25, 0.3) is 0 Å². The molecule has 4 aliphatic rings. The van der Waals surface area contributed by atoms with Crippen LogP contribution in [0.4, 0.5) is 0 Å². The van der Waals surface area contributed by atoms with Crippen LogP contribution >= 0.6 is 0 Å². The number of hydrogen-bond donors (Lipinski definition) is 0. The van der Waals surface area contributed by atoms with Crippen molar-refractivity contribution in [3.63, 3.8) is 0 Å². The van der Waals surface area contributed by atoms with E-state index in [0.29, 0.717) is 42.4 Å². The third kappa shape index (κ3) is 5.91. The molecule has 0 aromatic heterocycles. The number of aldehydes is 1. The lowest BCUT2D eigenvalue weighted by atomic mass is 9.44. The standard InChI is InChI=1S/C35H58O5/c1-8-10-30(37)39-25-15-18-34(6)24(20-25)12-13-26-27(34)16-19-35(7)28(26)21-29(40-31(38)11-9-2)32(35)33(5,22-36)17-14-23(3)4/h22-29,32H,8-21H2,1-7H3/t24?,25-,26+,27-,28-,29-,32+,33+,34-,35-/m0/s1. The van der Waals surface area contributed by atoms with E-state index in [-0.39, 0.29) is 40.9 Å². The van der Waals surface area contributed by atoms with E-state index < -0.39 is 5.41 Å². The van der Waals surface area contributed by atoms with Crippen LogP contribution in [0.5, 0.6) is 0 Å². The second kappa shape index (κ2) is 12.5. The summed E-state index contributed by atoms with van der Waals surface area (Å²) in [6, 6.07) is 0. The van der Waals surface area contributed by atoms with E-state index in [4.69, 9.17) is 9.47 Å². The Morgan fingerprint density at radius 3 is 2.17 bits per heavy atom. The van der Waals surface area contributed by atoms with Crippen molar-refractivity contribution in [2.45, 2.75) is 151 Å². The fourth-order valence-electron chi connectivity index (χ4n) is 10.4. The summed E-state index contributed by atoms with van der Waals surface area (Å²) < 4.78 is 12.2. The van der Waals surface area contributed by atoms with Gasteiger partial charge in [0.05, 0.1) is 0 Å². The van der Waals surface area contributed by atoms with Crippen LogP contribution in [0.2, 0.25) is 0 Å². The number of carbonyl (C=O) groups is 3. The van der Waals surface area contributed by atoms with E-state index in [1.807, 2.05) is 13.8 Å². The largest absolute Gasteiger partial charge is 0.462 e. The number of fused-ring (bicyclic) bond motifs is 5. The minimum absolute atomic E-state index is 0.00104. The Balaban J connectivity index is 1.58. The van der Waals surface area contributed by atoms with Gasteiger partial charge in [-0.15, -0.1) is 0 Å². The lowest BCUT2D eigenvalue weighted by Crippen LogP contribution is -2.55. The summed E-state index contributed by atoms with van der Waals surface area (Å²) in [6.45, 7) is 15.7. The summed E-state index contributed by atoms with van der Waals surface area (Å²) >= 11 is 0. The molecule has 0 aliphatic heterocycles. The predicted molar refractivity (Wildman–Crippen MR) is 158 cm³/mol. The number of ether oxygens (including phenoxy) is 2. The molecule has 0 aromatic carbocycles. The van der Waals surface area contributed by atoms with Gasteiger partial charge >= 0.3 is 11.9 Å². The molecule has 4 aliphatic carbocycles. The molecule has 0 radical (unpaired) electrons. The molecular formula is C35H58O5. The third-order valence-corrected chi connectivity index (χ3v) is 12.4. The molecule has 10 atom stereocenters. The molecular weight excluding hydrogens is 500 g/mol. The SMILES string of the molecule is CCCC(=O)O[C@H]1CC[C@@]2(C)C(CC[C@H]3[C@@H]4C[C@H](OC(=O)CCC)[C@H]([C@@](C)(C=O)CCC(C)C)[C@@]4(C)CC[C@@H]32)C1. The van der Waals surface area contributed by atoms with Crippen LogP contribution in [-0.4, -0.2) is 30.4 Å². The molecule has 0 saturated heterocycles. The molecule has 0 spiro atoms. The lowest BCUT2D eigenvalue weighted by Gasteiger charge is -2.61. The molecule has 4 fully saturated rings. The first-order chi connectivity index (χ1) is 18.9. The first kappa shape index (κ1) is 31.5. The Bertz CT molecular complexity index is 913. The number of hydrogen-bond acceptors (Lipinski definition) is 5. The average Bonchev–Trinajstić information content (AvgIpc) is 3.20. The van der Waals surface area contributed by atoms with Crippen LogP contribution in [-0.2, 0) is 23.9 Å². The van der Waals surface area contributed by atoms with E-state index in [1.54, 1.807) is 0 Å². The summed E-state index contributed by atoms with van der Waals surface area (Å²) in [6.07, 6.45) is 14.3. The molecule has 40 heavy (non-hydrogen) atoms. The van der Waals surface area contributed by atoms with Crippen molar-refractivity contribution in [3.8, 4) is 0 Å². The quantitative estimate of drug-likeness (QED) is 0.188. The summed E-state index contributed by atoms with van der Waals surface area (Å²) in [5.41, 5.74) is -0.212. The topological polar surface area (TPSA) is 69.7 Å². The predicted octanol–water partition coefficient (Wildman–Crippen LogP) is 8.32. The van der Waals surface area contributed by atoms with Crippen molar-refractivity contribution in [2.75, 3.05) is 0 Å². The molecule has 0 bridgehead atoms. The van der Waals surface area contributed by atoms with Gasteiger partial charge in [-0.3, -0.25) is 9.59 Å². The van der Waals surface area contributed by atoms with Crippen molar-refractivity contribution in [1.29, 1.82) is 0 Å². The van der Waals surface area contributed by atoms with E-state index in [9.17, 15) is 14.4 Å². The molecule has 0 heterocycles. The minimum Gasteiger partial charge on any atom is -0.462 e. The summed E-state index contributed by atoms with van der Waals surface area (Å²) in [4.78, 5) is 38.0. The molecule has 0 N–H and O–H groups in total. The average molecular weight is 559 g/mol. The summed E-state index contributed by atoms with van der Waals surface area (Å²) in [5, 5.41) is 0. The second-order valence-corrected chi connectivity index (χ2v) is 15.4. The van der Waals surface area contributed by atoms with Gasteiger partial charge in [-0.1, -0.05) is 54.9 Å². The van der Waals surface area contributed by atoms with Crippen LogP contribution in [0.25, 0.3) is 0 Å². The highest BCUT2D eigenvalue weighted by atomic mass is 16.5. The molecule has 4 saturated carbocycles. The zero-order chi connectivity index (χ0) is 29.3. The Kier molecular flexibility index (Phi) is 9.82. The van der Waals surface area contributed by atoms with E-state index in [1.165, 1.54) is 25.5 Å². The number of esters is 2. The summed E-state index contributed by atoms with van der Waals surface area (Å²) in [7, 11) is 0. The maximum atomic E-state index is 12.9. The van der Waals surface area contributed by atoms with Crippen molar-refractivity contribution >= 4 is 18.2 Å². The van der Waals surface area contributed by atoms with Gasteiger partial charge < -0.3 is 14.3 Å². The highest BCUT2D eigenvalue weighted by Crippen LogP contribution is 2.70. The van der Waals surface area contributed by atoms with Gasteiger partial charge in [0.15, 0.2) is 0 Å². The normalized spacial score (nSPS) is 40.4. The number of rotatable bonds is 11. The van der Waals surface area contributed by atoms with Crippen LogP contribution in [0.15, 0.2) is 0 Å². The Labute approximate surface area is 244 Å². The molecule has 1 unspecified atom stereocenters. The zero-order valence-corrected chi connectivity index (χ0v) is 26.6. The Morgan fingerprint density at radius 1 is 0.900 bits per heavy atom. The van der Waals surface area contributed by atoms with Gasteiger partial charge in [-0.05, 0) is 111 Å². The van der Waals surface area contributed by atoms with Crippen LogP contribution in [0, 0.1) is 51.8 Å². The fraction of sp³-hybridized carbons (Fsp3) is 0.914. The van der Waals surface area contributed by atoms with Crippen LogP contribution < -0.4 is 0 Å². The molecule has 5 heteroatoms. The van der Waals surface area contributed by atoms with E-state index in [2.05, 4.69) is 34.6 Å². The van der Waals surface area contributed by atoms with Crippen molar-refractivity contribution in [1.82, 2.24) is 0 Å². The lowest BCUT2D eigenvalue weighted by molar-refractivity contribution is -0.166. The maximum absolute atomic E-state index is 12.9. The molecule has 0 amide bonds. The number of carbonyl (C=O) groups excluding carboxylic acids is 3. The van der Waals surface area contributed by atoms with Crippen molar-refractivity contribution < 1.29 is 23.9 Å². The van der Waals surface area contributed by atoms with E-state index >= 15 is 0 Å². The van der Waals surface area contributed by atoms with Crippen molar-refractivity contribution in [2.24, 2.45) is 51.8 Å². The van der Waals surface area contributed by atoms with Crippen LogP contribution in [0.3, 0.4) is 0 Å². The Morgan fingerprint density at radius 2 is 1.55 bits per heavy atom. The second-order valence-electron chi connectivity index (χ2n) is 15.4.